The first-order chi connectivity index (χ1) is 14.9. The van der Waals surface area contributed by atoms with Gasteiger partial charge in [-0.2, -0.15) is 0 Å². The summed E-state index contributed by atoms with van der Waals surface area (Å²) in [6.07, 6.45) is -0.916. The van der Waals surface area contributed by atoms with Gasteiger partial charge in [-0.25, -0.2) is 4.79 Å². The Kier molecular flexibility index (Phi) is 7.07. The molecule has 1 heterocycles. The van der Waals surface area contributed by atoms with Crippen molar-refractivity contribution < 1.29 is 28.3 Å². The number of hydrogen-bond acceptors (Lipinski definition) is 7. The van der Waals surface area contributed by atoms with Crippen molar-refractivity contribution in [3.8, 4) is 11.5 Å². The van der Waals surface area contributed by atoms with Crippen LogP contribution >= 0.6 is 0 Å². The number of benzene rings is 2. The lowest BCUT2D eigenvalue weighted by Gasteiger charge is -2.13. The molecule has 0 radical (unpaired) electrons. The number of ether oxygens (including phenoxy) is 3. The van der Waals surface area contributed by atoms with Crippen molar-refractivity contribution in [2.45, 2.75) is 40.4 Å². The van der Waals surface area contributed by atoms with Gasteiger partial charge in [-0.3, -0.25) is 4.79 Å². The summed E-state index contributed by atoms with van der Waals surface area (Å²) >= 11 is 0. The Bertz CT molecular complexity index is 1020. The minimum Gasteiger partial charge on any atom is -0.494 e. The van der Waals surface area contributed by atoms with Crippen molar-refractivity contribution in [2.75, 3.05) is 6.61 Å². The van der Waals surface area contributed by atoms with Crippen LogP contribution in [0.3, 0.4) is 0 Å². The number of esters is 1. The second kappa shape index (κ2) is 9.93. The van der Waals surface area contributed by atoms with Gasteiger partial charge in [0.15, 0.2) is 6.10 Å². The van der Waals surface area contributed by atoms with E-state index in [2.05, 4.69) is 5.16 Å². The van der Waals surface area contributed by atoms with Gasteiger partial charge in [-0.05, 0) is 76.2 Å². The molecule has 0 aliphatic heterocycles. The number of rotatable bonds is 9. The molecule has 0 amide bonds. The molecular weight excluding hydrogens is 398 g/mol. The summed E-state index contributed by atoms with van der Waals surface area (Å²) in [5.74, 6) is 1.12. The molecule has 0 saturated carbocycles. The molecule has 0 bridgehead atoms. The number of hydrogen-bond donors (Lipinski definition) is 0. The van der Waals surface area contributed by atoms with E-state index in [-0.39, 0.29) is 5.78 Å². The number of aryl methyl sites for hydroxylation is 2. The zero-order valence-electron chi connectivity index (χ0n) is 18.0. The lowest BCUT2D eigenvalue weighted by atomic mass is 10.1. The molecule has 2 aromatic carbocycles. The minimum absolute atomic E-state index is 0.282. The van der Waals surface area contributed by atoms with E-state index in [1.54, 1.807) is 55.5 Å². The van der Waals surface area contributed by atoms with Gasteiger partial charge in [-0.15, -0.1) is 0 Å². The van der Waals surface area contributed by atoms with Crippen LogP contribution < -0.4 is 9.47 Å². The molecular formula is C24H25NO6. The largest absolute Gasteiger partial charge is 0.494 e. The van der Waals surface area contributed by atoms with Gasteiger partial charge in [0.05, 0.1) is 23.4 Å². The van der Waals surface area contributed by atoms with Gasteiger partial charge in [0.2, 0.25) is 5.78 Å². The minimum atomic E-state index is -0.916. The van der Waals surface area contributed by atoms with Crippen LogP contribution in [0.25, 0.3) is 0 Å². The van der Waals surface area contributed by atoms with Crippen LogP contribution in [0.1, 0.15) is 51.6 Å². The molecule has 0 N–H and O–H groups in total. The maximum absolute atomic E-state index is 12.5. The normalized spacial score (nSPS) is 11.6. The van der Waals surface area contributed by atoms with E-state index in [0.717, 1.165) is 11.3 Å². The lowest BCUT2D eigenvalue weighted by molar-refractivity contribution is 0.0318. The van der Waals surface area contributed by atoms with E-state index in [4.69, 9.17) is 18.7 Å². The maximum Gasteiger partial charge on any atom is 0.338 e. The fourth-order valence-electron chi connectivity index (χ4n) is 2.95. The first-order valence-corrected chi connectivity index (χ1v) is 10.0. The van der Waals surface area contributed by atoms with Crippen LogP contribution in [0.4, 0.5) is 0 Å². The van der Waals surface area contributed by atoms with Crippen LogP contribution in [0, 0.1) is 13.8 Å². The first-order valence-electron chi connectivity index (χ1n) is 10.0. The second-order valence-corrected chi connectivity index (χ2v) is 6.98. The van der Waals surface area contributed by atoms with Crippen LogP contribution in [0.15, 0.2) is 53.1 Å². The first kappa shape index (κ1) is 22.1. The van der Waals surface area contributed by atoms with Gasteiger partial charge in [0, 0.05) is 5.56 Å². The Labute approximate surface area is 180 Å². The Morgan fingerprint density at radius 2 is 1.52 bits per heavy atom. The monoisotopic (exact) mass is 423 g/mol. The second-order valence-electron chi connectivity index (χ2n) is 6.98. The molecule has 1 aromatic heterocycles. The van der Waals surface area contributed by atoms with Crippen molar-refractivity contribution in [2.24, 2.45) is 0 Å². The summed E-state index contributed by atoms with van der Waals surface area (Å²) in [5, 5.41) is 3.89. The third kappa shape index (κ3) is 5.51. The molecule has 0 saturated heterocycles. The number of carbonyl (C=O) groups is 2. The Morgan fingerprint density at radius 3 is 2.06 bits per heavy atom. The van der Waals surface area contributed by atoms with Crippen molar-refractivity contribution in [1.29, 1.82) is 0 Å². The lowest BCUT2D eigenvalue weighted by Crippen LogP contribution is -2.24. The van der Waals surface area contributed by atoms with Crippen LogP contribution in [-0.4, -0.2) is 29.6 Å². The highest BCUT2D eigenvalue weighted by atomic mass is 16.5. The standard InChI is InChI=1S/C24H25NO6/c1-5-28-20-10-6-18(7-11-20)23(26)17(4)30-24(27)19-8-12-21(13-9-19)29-14-22-15(2)25-31-16(22)3/h6-13,17H,5,14H2,1-4H3/t17-/m0/s1. The average Bonchev–Trinajstić information content (AvgIpc) is 3.10. The van der Waals surface area contributed by atoms with Gasteiger partial charge in [0.1, 0.15) is 23.9 Å². The molecule has 0 aliphatic rings. The molecule has 31 heavy (non-hydrogen) atoms. The Balaban J connectivity index is 1.56. The molecule has 7 nitrogen and oxygen atoms in total. The molecule has 3 aromatic rings. The summed E-state index contributed by atoms with van der Waals surface area (Å²) < 4.78 is 21.6. The molecule has 3 rings (SSSR count). The van der Waals surface area contributed by atoms with Crippen molar-refractivity contribution in [1.82, 2.24) is 5.16 Å². The molecule has 0 fully saturated rings. The van der Waals surface area contributed by atoms with Crippen LogP contribution in [0.2, 0.25) is 0 Å². The SMILES string of the molecule is CCOc1ccc(C(=O)[C@H](C)OC(=O)c2ccc(OCc3c(C)noc3C)cc2)cc1. The fraction of sp³-hybridized carbons (Fsp3) is 0.292. The molecule has 0 unspecified atom stereocenters. The summed E-state index contributed by atoms with van der Waals surface area (Å²) in [6, 6.07) is 13.3. The van der Waals surface area contributed by atoms with E-state index in [1.165, 1.54) is 0 Å². The van der Waals surface area contributed by atoms with E-state index in [9.17, 15) is 9.59 Å². The van der Waals surface area contributed by atoms with Gasteiger partial charge in [0.25, 0.3) is 0 Å². The molecule has 162 valence electrons. The number of carbonyl (C=O) groups excluding carboxylic acids is 2. The van der Waals surface area contributed by atoms with E-state index >= 15 is 0 Å². The number of Topliss-reactive ketones (excluding diaryl/α,β-unsaturated/α-hetero) is 1. The van der Waals surface area contributed by atoms with Crippen LogP contribution in [-0.2, 0) is 11.3 Å². The summed E-state index contributed by atoms with van der Waals surface area (Å²) in [5.41, 5.74) is 2.46. The van der Waals surface area contributed by atoms with Crippen molar-refractivity contribution in [3.05, 3.63) is 76.7 Å². The smallest absolute Gasteiger partial charge is 0.338 e. The van der Waals surface area contributed by atoms with E-state index < -0.39 is 12.1 Å². The van der Waals surface area contributed by atoms with Crippen molar-refractivity contribution >= 4 is 11.8 Å². The quantitative estimate of drug-likeness (QED) is 0.364. The van der Waals surface area contributed by atoms with Gasteiger partial charge in [-0.1, -0.05) is 5.16 Å². The topological polar surface area (TPSA) is 87.9 Å². The van der Waals surface area contributed by atoms with Gasteiger partial charge < -0.3 is 18.7 Å². The molecule has 7 heteroatoms. The number of nitrogens with zero attached hydrogens (tertiary/aromatic N) is 1. The highest BCUT2D eigenvalue weighted by molar-refractivity contribution is 6.01. The third-order valence-corrected chi connectivity index (χ3v) is 4.76. The summed E-state index contributed by atoms with van der Waals surface area (Å²) in [7, 11) is 0. The van der Waals surface area contributed by atoms with Crippen molar-refractivity contribution in [3.63, 3.8) is 0 Å². The van der Waals surface area contributed by atoms with Crippen LogP contribution in [0.5, 0.6) is 11.5 Å². The molecule has 0 aliphatic carbocycles. The summed E-state index contributed by atoms with van der Waals surface area (Å²) in [4.78, 5) is 25.0. The molecule has 0 spiro atoms. The Morgan fingerprint density at radius 1 is 0.935 bits per heavy atom. The number of aromatic nitrogens is 1. The third-order valence-electron chi connectivity index (χ3n) is 4.76. The predicted molar refractivity (Wildman–Crippen MR) is 114 cm³/mol. The summed E-state index contributed by atoms with van der Waals surface area (Å²) in [6.45, 7) is 7.98. The zero-order valence-corrected chi connectivity index (χ0v) is 18.0. The van der Waals surface area contributed by atoms with E-state index in [1.807, 2.05) is 20.8 Å². The van der Waals surface area contributed by atoms with E-state index in [0.29, 0.717) is 41.6 Å². The highest BCUT2D eigenvalue weighted by Gasteiger charge is 2.20. The zero-order chi connectivity index (χ0) is 22.4. The predicted octanol–water partition coefficient (Wildman–Crippen LogP) is 4.70. The highest BCUT2D eigenvalue weighted by Crippen LogP contribution is 2.19. The average molecular weight is 423 g/mol. The maximum atomic E-state index is 12.5. The Hall–Kier alpha value is -3.61. The fourth-order valence-corrected chi connectivity index (χ4v) is 2.95. The van der Waals surface area contributed by atoms with Gasteiger partial charge >= 0.3 is 5.97 Å². The molecule has 1 atom stereocenters. The number of ketones is 1.